The van der Waals surface area contributed by atoms with Crippen molar-refractivity contribution < 1.29 is 37.8 Å². The largest absolute Gasteiger partial charge is 0.494 e. The lowest BCUT2D eigenvalue weighted by Crippen LogP contribution is -2.61. The van der Waals surface area contributed by atoms with Crippen LogP contribution in [0.2, 0.25) is 5.02 Å². The summed E-state index contributed by atoms with van der Waals surface area (Å²) in [5.41, 5.74) is 5.90. The molecule has 0 saturated carbocycles. The van der Waals surface area contributed by atoms with Crippen LogP contribution in [0.15, 0.2) is 36.5 Å². The summed E-state index contributed by atoms with van der Waals surface area (Å²) in [6.45, 7) is 0.291. The van der Waals surface area contributed by atoms with Crippen LogP contribution < -0.4 is 21.1 Å². The molecule has 4 rings (SSSR count). The molecule has 12 nitrogen and oxygen atoms in total. The van der Waals surface area contributed by atoms with E-state index in [9.17, 15) is 23.2 Å². The summed E-state index contributed by atoms with van der Waals surface area (Å²) in [6.07, 6.45) is 1.25. The summed E-state index contributed by atoms with van der Waals surface area (Å²) >= 11 is 6.30. The number of benzene rings is 2. The summed E-state index contributed by atoms with van der Waals surface area (Å²) < 4.78 is 34.8. The molecular formula is C25H25ClF2N6O6. The van der Waals surface area contributed by atoms with Crippen LogP contribution in [0.3, 0.4) is 0 Å². The zero-order valence-electron chi connectivity index (χ0n) is 21.3. The smallest absolute Gasteiger partial charge is 0.291 e. The van der Waals surface area contributed by atoms with E-state index in [-0.39, 0.29) is 64.3 Å². The summed E-state index contributed by atoms with van der Waals surface area (Å²) in [5.74, 6) is -3.82. The van der Waals surface area contributed by atoms with Crippen LogP contribution in [0.1, 0.15) is 21.0 Å². The molecule has 0 atom stereocenters. The highest BCUT2D eigenvalue weighted by Crippen LogP contribution is 2.30. The fourth-order valence-electron chi connectivity index (χ4n) is 3.90. The number of ether oxygens (including phenoxy) is 1. The Kier molecular flexibility index (Phi) is 9.74. The molecule has 15 heteroatoms. The normalized spacial score (nSPS) is 12.5. The molecule has 3 aromatic rings. The van der Waals surface area contributed by atoms with Crippen LogP contribution in [0.5, 0.6) is 5.75 Å². The number of carboxylic acid groups (broad SMARTS) is 1. The number of anilines is 1. The Labute approximate surface area is 231 Å². The maximum absolute atomic E-state index is 14.5. The van der Waals surface area contributed by atoms with Crippen molar-refractivity contribution in [3.8, 4) is 17.0 Å². The van der Waals surface area contributed by atoms with E-state index < -0.39 is 17.5 Å². The standard InChI is InChI=1S/C24H23ClF2N6O4.CH2O2/c1-32-17(15-5-6-18(37-2)21(27)20(15)26)9-29-22(32)23(35)31-12-3-4-14(16(25)7-12)24(36)33-10-13(11-33)30-19(34)8-28;2-1-3/h3-7,9,13H,8,10-11,28H2,1-2H3,(H,30,34)(H,31,35);1H,(H,2,3). The van der Waals surface area contributed by atoms with Crippen molar-refractivity contribution in [3.63, 3.8) is 0 Å². The molecule has 1 aromatic heterocycles. The third-order valence-corrected chi connectivity index (χ3v) is 6.22. The average Bonchev–Trinajstić information content (AvgIpc) is 3.28. The lowest BCUT2D eigenvalue weighted by atomic mass is 10.1. The lowest BCUT2D eigenvalue weighted by Gasteiger charge is -2.39. The SMILES string of the molecule is COc1ccc(-c2cnc(C(=O)Nc3ccc(C(=O)N4CC(NC(=O)CN)C4)c(Cl)c3)n2C)c(F)c1F.O=CO. The summed E-state index contributed by atoms with van der Waals surface area (Å²) in [7, 11) is 2.72. The summed E-state index contributed by atoms with van der Waals surface area (Å²) in [6, 6.07) is 6.85. The number of amides is 3. The predicted molar refractivity (Wildman–Crippen MR) is 140 cm³/mol. The maximum atomic E-state index is 14.5. The van der Waals surface area contributed by atoms with E-state index in [4.69, 9.17) is 32.0 Å². The van der Waals surface area contributed by atoms with Crippen LogP contribution in [0.25, 0.3) is 11.3 Å². The number of halogens is 3. The van der Waals surface area contributed by atoms with Crippen LogP contribution in [-0.4, -0.2) is 76.5 Å². The van der Waals surface area contributed by atoms with Gasteiger partial charge in [-0.2, -0.15) is 4.39 Å². The summed E-state index contributed by atoms with van der Waals surface area (Å²) in [5, 5.41) is 12.3. The third kappa shape index (κ3) is 6.35. The summed E-state index contributed by atoms with van der Waals surface area (Å²) in [4.78, 5) is 50.8. The molecular weight excluding hydrogens is 554 g/mol. The van der Waals surface area contributed by atoms with E-state index in [0.29, 0.717) is 18.8 Å². The van der Waals surface area contributed by atoms with E-state index in [1.54, 1.807) is 0 Å². The highest BCUT2D eigenvalue weighted by molar-refractivity contribution is 6.34. The highest BCUT2D eigenvalue weighted by atomic mass is 35.5. The van der Waals surface area contributed by atoms with Gasteiger partial charge in [-0.25, -0.2) is 9.37 Å². The van der Waals surface area contributed by atoms with Gasteiger partial charge in [0.05, 0.1) is 42.2 Å². The topological polar surface area (TPSA) is 169 Å². The van der Waals surface area contributed by atoms with E-state index in [1.165, 1.54) is 60.2 Å². The van der Waals surface area contributed by atoms with Gasteiger partial charge in [0.25, 0.3) is 18.3 Å². The molecule has 3 amide bonds. The molecule has 0 bridgehead atoms. The van der Waals surface area contributed by atoms with Gasteiger partial charge in [0, 0.05) is 31.4 Å². The number of likely N-dealkylation sites (tertiary alicyclic amines) is 1. The molecule has 1 fully saturated rings. The van der Waals surface area contributed by atoms with E-state index >= 15 is 0 Å². The van der Waals surface area contributed by atoms with Crippen LogP contribution in [0, 0.1) is 11.6 Å². The maximum Gasteiger partial charge on any atom is 0.291 e. The number of nitrogens with zero attached hydrogens (tertiary/aromatic N) is 3. The Hall–Kier alpha value is -4.56. The molecule has 5 N–H and O–H groups in total. The first-order valence-electron chi connectivity index (χ1n) is 11.6. The number of aromatic nitrogens is 2. The highest BCUT2D eigenvalue weighted by Gasteiger charge is 2.33. The molecule has 1 saturated heterocycles. The minimum Gasteiger partial charge on any atom is -0.494 e. The van der Waals surface area contributed by atoms with Gasteiger partial charge >= 0.3 is 0 Å². The zero-order valence-corrected chi connectivity index (χ0v) is 22.0. The van der Waals surface area contributed by atoms with Gasteiger partial charge in [-0.15, -0.1) is 0 Å². The number of nitrogens with one attached hydrogen (secondary N) is 2. The minimum atomic E-state index is -1.15. The molecule has 1 aliphatic heterocycles. The molecule has 0 aliphatic carbocycles. The molecule has 1 aliphatic rings. The number of nitrogens with two attached hydrogens (primary N) is 1. The van der Waals surface area contributed by atoms with Gasteiger partial charge in [0.1, 0.15) is 0 Å². The van der Waals surface area contributed by atoms with Crippen LogP contribution in [0.4, 0.5) is 14.5 Å². The lowest BCUT2D eigenvalue weighted by molar-refractivity contribution is -0.123. The first kappa shape index (κ1) is 30.0. The van der Waals surface area contributed by atoms with Gasteiger partial charge < -0.3 is 35.7 Å². The predicted octanol–water partition coefficient (Wildman–Crippen LogP) is 1.88. The molecule has 2 heterocycles. The van der Waals surface area contributed by atoms with Crippen molar-refractivity contribution in [2.24, 2.45) is 12.8 Å². The first-order valence-corrected chi connectivity index (χ1v) is 12.0. The second-order valence-corrected chi connectivity index (χ2v) is 8.81. The van der Waals surface area contributed by atoms with E-state index in [1.807, 2.05) is 0 Å². The molecule has 0 spiro atoms. The van der Waals surface area contributed by atoms with Crippen molar-refractivity contribution >= 4 is 41.5 Å². The van der Waals surface area contributed by atoms with Crippen LogP contribution >= 0.6 is 11.6 Å². The molecule has 40 heavy (non-hydrogen) atoms. The number of rotatable bonds is 7. The number of hydrogen-bond acceptors (Lipinski definition) is 7. The Balaban J connectivity index is 0.00000141. The van der Waals surface area contributed by atoms with Crippen molar-refractivity contribution in [3.05, 3.63) is 64.6 Å². The van der Waals surface area contributed by atoms with E-state index in [0.717, 1.165) is 0 Å². The zero-order chi connectivity index (χ0) is 29.6. The second kappa shape index (κ2) is 13.0. The fourth-order valence-corrected chi connectivity index (χ4v) is 4.17. The van der Waals surface area contributed by atoms with Crippen molar-refractivity contribution in [2.45, 2.75) is 6.04 Å². The number of carbonyl (C=O) groups is 4. The number of imidazole rings is 1. The average molecular weight is 579 g/mol. The fraction of sp³-hybridized carbons (Fsp3) is 0.240. The Morgan fingerprint density at radius 1 is 1.23 bits per heavy atom. The Bertz CT molecular complexity index is 1440. The Morgan fingerprint density at radius 2 is 1.90 bits per heavy atom. The minimum absolute atomic E-state index is 0.0620. The van der Waals surface area contributed by atoms with E-state index in [2.05, 4.69) is 15.6 Å². The molecule has 0 unspecified atom stereocenters. The molecule has 2 aromatic carbocycles. The van der Waals surface area contributed by atoms with Gasteiger partial charge in [0.2, 0.25) is 11.7 Å². The number of methoxy groups -OCH3 is 1. The third-order valence-electron chi connectivity index (χ3n) is 5.91. The monoisotopic (exact) mass is 578 g/mol. The Morgan fingerprint density at radius 3 is 2.50 bits per heavy atom. The van der Waals surface area contributed by atoms with Gasteiger partial charge in [-0.1, -0.05) is 11.6 Å². The van der Waals surface area contributed by atoms with Gasteiger partial charge in [-0.3, -0.25) is 19.2 Å². The number of hydrogen-bond donors (Lipinski definition) is 4. The van der Waals surface area contributed by atoms with Crippen molar-refractivity contribution in [2.75, 3.05) is 32.1 Å². The van der Waals surface area contributed by atoms with Crippen molar-refractivity contribution in [1.82, 2.24) is 19.8 Å². The quantitative estimate of drug-likeness (QED) is 0.308. The number of carbonyl (C=O) groups excluding carboxylic acids is 3. The molecule has 212 valence electrons. The first-order chi connectivity index (χ1) is 19.1. The molecule has 0 radical (unpaired) electrons. The van der Waals surface area contributed by atoms with Gasteiger partial charge in [-0.05, 0) is 30.3 Å². The second-order valence-electron chi connectivity index (χ2n) is 8.40. The van der Waals surface area contributed by atoms with Crippen molar-refractivity contribution in [1.29, 1.82) is 0 Å². The van der Waals surface area contributed by atoms with Crippen LogP contribution in [-0.2, 0) is 16.6 Å². The van der Waals surface area contributed by atoms with Gasteiger partial charge in [0.15, 0.2) is 17.4 Å².